The lowest BCUT2D eigenvalue weighted by atomic mass is 10.2. The summed E-state index contributed by atoms with van der Waals surface area (Å²) in [6.45, 7) is 5.95. The van der Waals surface area contributed by atoms with Crippen molar-refractivity contribution in [3.05, 3.63) is 28.2 Å². The summed E-state index contributed by atoms with van der Waals surface area (Å²) in [5.41, 5.74) is 1.57. The van der Waals surface area contributed by atoms with E-state index in [2.05, 4.69) is 21.2 Å². The Labute approximate surface area is 141 Å². The van der Waals surface area contributed by atoms with E-state index in [0.29, 0.717) is 10.2 Å². The number of rotatable bonds is 7. The molecule has 0 radical (unpaired) electrons. The maximum atomic E-state index is 12.0. The molecule has 1 aromatic rings. The molecule has 0 aliphatic heterocycles. The van der Waals surface area contributed by atoms with Gasteiger partial charge in [0.15, 0.2) is 0 Å². The zero-order valence-corrected chi connectivity index (χ0v) is 15.8. The van der Waals surface area contributed by atoms with Gasteiger partial charge in [-0.05, 0) is 53.9 Å². The van der Waals surface area contributed by atoms with Crippen LogP contribution in [0.15, 0.2) is 22.7 Å². The van der Waals surface area contributed by atoms with Crippen molar-refractivity contribution in [2.24, 2.45) is 0 Å². The number of benzene rings is 1. The first kappa shape index (κ1) is 19.0. The lowest BCUT2D eigenvalue weighted by Crippen LogP contribution is -2.37. The number of anilines is 1. The van der Waals surface area contributed by atoms with Gasteiger partial charge in [-0.25, -0.2) is 8.42 Å². The third-order valence-corrected chi connectivity index (χ3v) is 5.15. The number of hydrogen-bond acceptors (Lipinski definition) is 3. The van der Waals surface area contributed by atoms with Gasteiger partial charge in [0.05, 0.1) is 11.9 Å². The zero-order valence-electron chi connectivity index (χ0n) is 13.4. The minimum atomic E-state index is -3.46. The fourth-order valence-corrected chi connectivity index (χ4v) is 3.70. The van der Waals surface area contributed by atoms with E-state index in [1.165, 1.54) is 4.31 Å². The van der Waals surface area contributed by atoms with Crippen molar-refractivity contribution in [3.8, 4) is 0 Å². The molecule has 1 unspecified atom stereocenters. The largest absolute Gasteiger partial charge is 0.354 e. The standard InChI is InChI=1S/C15H23BrN2O3S/c1-5-12(3)17-15(19)8-9-18(22(4,20)21)14-7-6-11(2)10-13(14)16/h6-7,10,12H,5,8-9H2,1-4H3,(H,17,19). The van der Waals surface area contributed by atoms with Crippen LogP contribution in [0.3, 0.4) is 0 Å². The first-order valence-electron chi connectivity index (χ1n) is 7.18. The Bertz CT molecular complexity index is 632. The summed E-state index contributed by atoms with van der Waals surface area (Å²) in [4.78, 5) is 11.9. The predicted molar refractivity (Wildman–Crippen MR) is 93.6 cm³/mol. The number of nitrogens with zero attached hydrogens (tertiary/aromatic N) is 1. The van der Waals surface area contributed by atoms with E-state index < -0.39 is 10.0 Å². The van der Waals surface area contributed by atoms with Crippen LogP contribution >= 0.6 is 15.9 Å². The SMILES string of the molecule is CCC(C)NC(=O)CCN(c1ccc(C)cc1Br)S(C)(=O)=O. The molecule has 0 fully saturated rings. The van der Waals surface area contributed by atoms with Gasteiger partial charge >= 0.3 is 0 Å². The number of amides is 1. The van der Waals surface area contributed by atoms with E-state index in [9.17, 15) is 13.2 Å². The number of halogens is 1. The molecule has 0 heterocycles. The molecule has 0 bridgehead atoms. The quantitative estimate of drug-likeness (QED) is 0.777. The fourth-order valence-electron chi connectivity index (χ4n) is 1.93. The van der Waals surface area contributed by atoms with Gasteiger partial charge in [-0.1, -0.05) is 13.0 Å². The monoisotopic (exact) mass is 390 g/mol. The molecule has 0 saturated carbocycles. The number of aryl methyl sites for hydroxylation is 1. The van der Waals surface area contributed by atoms with Gasteiger partial charge in [-0.2, -0.15) is 0 Å². The van der Waals surface area contributed by atoms with Crippen molar-refractivity contribution in [1.82, 2.24) is 5.32 Å². The van der Waals surface area contributed by atoms with Gasteiger partial charge in [-0.15, -0.1) is 0 Å². The Balaban J connectivity index is 2.90. The van der Waals surface area contributed by atoms with Crippen LogP contribution in [0.1, 0.15) is 32.3 Å². The molecule has 1 rings (SSSR count). The molecular formula is C15H23BrN2O3S. The van der Waals surface area contributed by atoms with Gasteiger partial charge in [0.1, 0.15) is 0 Å². The summed E-state index contributed by atoms with van der Waals surface area (Å²) < 4.78 is 26.0. The summed E-state index contributed by atoms with van der Waals surface area (Å²) in [5, 5.41) is 2.84. The summed E-state index contributed by atoms with van der Waals surface area (Å²) >= 11 is 3.39. The van der Waals surface area contributed by atoms with Crippen LogP contribution in [-0.2, 0) is 14.8 Å². The second-order valence-electron chi connectivity index (χ2n) is 5.42. The summed E-state index contributed by atoms with van der Waals surface area (Å²) in [5.74, 6) is -0.147. The minimum Gasteiger partial charge on any atom is -0.354 e. The van der Waals surface area contributed by atoms with E-state index in [1.807, 2.05) is 32.9 Å². The Kier molecular flexibility index (Phi) is 6.87. The highest BCUT2D eigenvalue weighted by Crippen LogP contribution is 2.29. The van der Waals surface area contributed by atoms with E-state index in [1.54, 1.807) is 6.07 Å². The maximum absolute atomic E-state index is 12.0. The van der Waals surface area contributed by atoms with Crippen LogP contribution in [0.4, 0.5) is 5.69 Å². The molecule has 5 nitrogen and oxygen atoms in total. The smallest absolute Gasteiger partial charge is 0.232 e. The van der Waals surface area contributed by atoms with Gasteiger partial charge in [0.25, 0.3) is 0 Å². The number of carbonyl (C=O) groups is 1. The highest BCUT2D eigenvalue weighted by atomic mass is 79.9. The van der Waals surface area contributed by atoms with Crippen LogP contribution in [0, 0.1) is 6.92 Å². The number of hydrogen-bond donors (Lipinski definition) is 1. The average molecular weight is 391 g/mol. The molecule has 1 N–H and O–H groups in total. The Hall–Kier alpha value is -1.08. The summed E-state index contributed by atoms with van der Waals surface area (Å²) in [6.07, 6.45) is 2.11. The molecule has 1 amide bonds. The molecule has 1 aromatic carbocycles. The molecule has 22 heavy (non-hydrogen) atoms. The lowest BCUT2D eigenvalue weighted by Gasteiger charge is -2.24. The third kappa shape index (κ3) is 5.61. The molecule has 0 aliphatic carbocycles. The molecule has 0 aliphatic rings. The Morgan fingerprint density at radius 2 is 2.05 bits per heavy atom. The Morgan fingerprint density at radius 1 is 1.41 bits per heavy atom. The zero-order chi connectivity index (χ0) is 16.9. The molecule has 124 valence electrons. The van der Waals surface area contributed by atoms with E-state index in [-0.39, 0.29) is 24.9 Å². The van der Waals surface area contributed by atoms with Crippen molar-refractivity contribution in [2.45, 2.75) is 39.7 Å². The van der Waals surface area contributed by atoms with Crippen molar-refractivity contribution < 1.29 is 13.2 Å². The van der Waals surface area contributed by atoms with Gasteiger partial charge < -0.3 is 5.32 Å². The predicted octanol–water partition coefficient (Wildman–Crippen LogP) is 2.83. The molecule has 7 heteroatoms. The van der Waals surface area contributed by atoms with Crippen LogP contribution in [0.25, 0.3) is 0 Å². The Morgan fingerprint density at radius 3 is 2.55 bits per heavy atom. The second kappa shape index (κ2) is 7.97. The van der Waals surface area contributed by atoms with E-state index >= 15 is 0 Å². The van der Waals surface area contributed by atoms with Crippen LogP contribution in [-0.4, -0.2) is 33.2 Å². The number of nitrogens with one attached hydrogen (secondary N) is 1. The molecule has 0 saturated heterocycles. The van der Waals surface area contributed by atoms with Gasteiger partial charge in [0, 0.05) is 23.5 Å². The van der Waals surface area contributed by atoms with Crippen LogP contribution < -0.4 is 9.62 Å². The van der Waals surface area contributed by atoms with Crippen molar-refractivity contribution in [1.29, 1.82) is 0 Å². The highest BCUT2D eigenvalue weighted by molar-refractivity contribution is 9.10. The number of carbonyl (C=O) groups excluding carboxylic acids is 1. The highest BCUT2D eigenvalue weighted by Gasteiger charge is 2.21. The molecular weight excluding hydrogens is 368 g/mol. The molecule has 0 spiro atoms. The summed E-state index contributed by atoms with van der Waals surface area (Å²) in [7, 11) is -3.46. The third-order valence-electron chi connectivity index (χ3n) is 3.33. The van der Waals surface area contributed by atoms with Crippen molar-refractivity contribution in [3.63, 3.8) is 0 Å². The topological polar surface area (TPSA) is 66.5 Å². The normalized spacial score (nSPS) is 12.8. The van der Waals surface area contributed by atoms with Crippen molar-refractivity contribution in [2.75, 3.05) is 17.1 Å². The van der Waals surface area contributed by atoms with Crippen molar-refractivity contribution >= 4 is 37.5 Å². The fraction of sp³-hybridized carbons (Fsp3) is 0.533. The maximum Gasteiger partial charge on any atom is 0.232 e. The molecule has 0 aromatic heterocycles. The van der Waals surface area contributed by atoms with Crippen LogP contribution in [0.2, 0.25) is 0 Å². The second-order valence-corrected chi connectivity index (χ2v) is 8.18. The van der Waals surface area contributed by atoms with Gasteiger partial charge in [-0.3, -0.25) is 9.10 Å². The van der Waals surface area contributed by atoms with Crippen LogP contribution in [0.5, 0.6) is 0 Å². The van der Waals surface area contributed by atoms with Gasteiger partial charge in [0.2, 0.25) is 15.9 Å². The summed E-state index contributed by atoms with van der Waals surface area (Å²) in [6, 6.07) is 5.53. The minimum absolute atomic E-state index is 0.0882. The first-order valence-corrected chi connectivity index (χ1v) is 9.82. The molecule has 1 atom stereocenters. The lowest BCUT2D eigenvalue weighted by molar-refractivity contribution is -0.121. The first-order chi connectivity index (χ1) is 10.1. The van der Waals surface area contributed by atoms with E-state index in [4.69, 9.17) is 0 Å². The van der Waals surface area contributed by atoms with E-state index in [0.717, 1.165) is 18.2 Å². The number of sulfonamides is 1. The average Bonchev–Trinajstić information content (AvgIpc) is 2.39.